The Hall–Kier alpha value is -1.23. The molecule has 1 aromatic rings. The third kappa shape index (κ3) is 3.41. The third-order valence-corrected chi connectivity index (χ3v) is 4.63. The smallest absolute Gasteiger partial charge is 0.260 e. The summed E-state index contributed by atoms with van der Waals surface area (Å²) in [5.41, 5.74) is 13.2. The molecule has 2 rings (SSSR count). The van der Waals surface area contributed by atoms with Gasteiger partial charge in [-0.1, -0.05) is 13.8 Å². The zero-order valence-corrected chi connectivity index (χ0v) is 12.5. The molecule has 0 atom stereocenters. The Bertz CT molecular complexity index is 464. The van der Waals surface area contributed by atoms with Gasteiger partial charge < -0.3 is 16.8 Å². The molecule has 0 bridgehead atoms. The summed E-state index contributed by atoms with van der Waals surface area (Å²) < 4.78 is 0. The first kappa shape index (κ1) is 14.2. The second-order valence-corrected chi connectivity index (χ2v) is 6.71. The predicted molar refractivity (Wildman–Crippen MR) is 81.8 cm³/mol. The van der Waals surface area contributed by atoms with Gasteiger partial charge in [0.05, 0.1) is 10.7 Å². The quantitative estimate of drug-likeness (QED) is 0.671. The summed E-state index contributed by atoms with van der Waals surface area (Å²) in [6.07, 6.45) is 4.67. The summed E-state index contributed by atoms with van der Waals surface area (Å²) in [7, 11) is 0. The van der Waals surface area contributed by atoms with Gasteiger partial charge in [-0.15, -0.1) is 11.3 Å². The highest BCUT2D eigenvalue weighted by Gasteiger charge is 2.32. The molecule has 1 aliphatic carbocycles. The van der Waals surface area contributed by atoms with Crippen molar-refractivity contribution >= 4 is 27.9 Å². The molecule has 4 nitrogen and oxygen atoms in total. The molecule has 0 aliphatic heterocycles. The number of nitrogen functional groups attached to an aromatic ring is 1. The van der Waals surface area contributed by atoms with Gasteiger partial charge >= 0.3 is 0 Å². The molecule has 1 heterocycles. The van der Waals surface area contributed by atoms with Gasteiger partial charge in [0.1, 0.15) is 4.88 Å². The average Bonchev–Trinajstić information content (AvgIpc) is 3.09. The Morgan fingerprint density at radius 1 is 1.47 bits per heavy atom. The summed E-state index contributed by atoms with van der Waals surface area (Å²) in [6.45, 7) is 5.38. The lowest BCUT2D eigenvalue weighted by atomic mass is 10.1. The van der Waals surface area contributed by atoms with Crippen LogP contribution in [-0.4, -0.2) is 12.5 Å². The lowest BCUT2D eigenvalue weighted by Crippen LogP contribution is -2.11. The lowest BCUT2D eigenvalue weighted by molar-refractivity contribution is 0.100. The highest BCUT2D eigenvalue weighted by Crippen LogP contribution is 2.50. The molecule has 0 unspecified atom stereocenters. The Morgan fingerprint density at radius 2 is 2.16 bits per heavy atom. The van der Waals surface area contributed by atoms with E-state index in [4.69, 9.17) is 11.5 Å². The van der Waals surface area contributed by atoms with Crippen LogP contribution in [0.2, 0.25) is 0 Å². The normalized spacial score (nSPS) is 14.9. The molecule has 5 N–H and O–H groups in total. The van der Waals surface area contributed by atoms with E-state index in [0.29, 0.717) is 16.5 Å². The number of nitrogens with one attached hydrogen (secondary N) is 1. The summed E-state index contributed by atoms with van der Waals surface area (Å²) in [6, 6.07) is 0. The van der Waals surface area contributed by atoms with Gasteiger partial charge in [0.2, 0.25) is 0 Å². The number of nitrogens with two attached hydrogens (primary N) is 2. The average molecular weight is 281 g/mol. The number of carbonyl (C=O) groups is 1. The minimum absolute atomic E-state index is 0.417. The number of amides is 1. The van der Waals surface area contributed by atoms with E-state index in [9.17, 15) is 4.79 Å². The lowest BCUT2D eigenvalue weighted by Gasteiger charge is -2.08. The maximum atomic E-state index is 11.4. The van der Waals surface area contributed by atoms with Crippen LogP contribution in [0.15, 0.2) is 0 Å². The molecule has 19 heavy (non-hydrogen) atoms. The molecule has 1 fully saturated rings. The molecule has 1 aliphatic rings. The first-order chi connectivity index (χ1) is 9.00. The Balaban J connectivity index is 2.06. The molecule has 5 heteroatoms. The maximum Gasteiger partial charge on any atom is 0.260 e. The molecule has 1 aromatic heterocycles. The third-order valence-electron chi connectivity index (χ3n) is 3.44. The monoisotopic (exact) mass is 281 g/mol. The van der Waals surface area contributed by atoms with Gasteiger partial charge in [0, 0.05) is 12.1 Å². The van der Waals surface area contributed by atoms with E-state index in [1.165, 1.54) is 30.6 Å². The van der Waals surface area contributed by atoms with E-state index in [1.807, 2.05) is 0 Å². The predicted octanol–water partition coefficient (Wildman–Crippen LogP) is 3.15. The van der Waals surface area contributed by atoms with E-state index >= 15 is 0 Å². The Labute approximate surface area is 118 Å². The molecular formula is C14H23N3OS. The van der Waals surface area contributed by atoms with Crippen molar-refractivity contribution in [2.75, 3.05) is 17.6 Å². The van der Waals surface area contributed by atoms with Crippen LogP contribution in [0.5, 0.6) is 0 Å². The first-order valence-corrected chi connectivity index (χ1v) is 7.78. The van der Waals surface area contributed by atoms with Crippen LogP contribution in [0.25, 0.3) is 0 Å². The van der Waals surface area contributed by atoms with Crippen molar-refractivity contribution in [2.45, 2.75) is 45.4 Å². The highest BCUT2D eigenvalue weighted by molar-refractivity contribution is 7.18. The fourth-order valence-corrected chi connectivity index (χ4v) is 3.35. The maximum absolute atomic E-state index is 11.4. The second kappa shape index (κ2) is 5.82. The zero-order valence-electron chi connectivity index (χ0n) is 11.7. The van der Waals surface area contributed by atoms with Gasteiger partial charge in [-0.2, -0.15) is 0 Å². The van der Waals surface area contributed by atoms with Crippen LogP contribution in [0, 0.1) is 5.92 Å². The molecule has 106 valence electrons. The fourth-order valence-electron chi connectivity index (χ4n) is 2.26. The van der Waals surface area contributed by atoms with Crippen molar-refractivity contribution in [1.82, 2.24) is 0 Å². The molecular weight excluding hydrogens is 258 g/mol. The van der Waals surface area contributed by atoms with Gasteiger partial charge in [0.15, 0.2) is 0 Å². The number of carbonyl (C=O) groups excluding carboxylic acids is 1. The van der Waals surface area contributed by atoms with Crippen LogP contribution in [0.3, 0.4) is 0 Å². The minimum atomic E-state index is -0.417. The van der Waals surface area contributed by atoms with Crippen molar-refractivity contribution < 1.29 is 4.79 Å². The molecule has 0 aromatic carbocycles. The second-order valence-electron chi connectivity index (χ2n) is 5.69. The number of hydrogen-bond donors (Lipinski definition) is 3. The van der Waals surface area contributed by atoms with E-state index in [0.717, 1.165) is 29.4 Å². The largest absolute Gasteiger partial charge is 0.397 e. The number of primary amides is 1. The summed E-state index contributed by atoms with van der Waals surface area (Å²) >= 11 is 1.41. The van der Waals surface area contributed by atoms with E-state index in [1.54, 1.807) is 0 Å². The summed E-state index contributed by atoms with van der Waals surface area (Å²) in [5, 5.41) is 4.49. The van der Waals surface area contributed by atoms with Crippen LogP contribution >= 0.6 is 11.3 Å². The van der Waals surface area contributed by atoms with Gasteiger partial charge in [0.25, 0.3) is 5.91 Å². The molecule has 0 saturated heterocycles. The van der Waals surface area contributed by atoms with Gasteiger partial charge in [-0.3, -0.25) is 4.79 Å². The van der Waals surface area contributed by atoms with E-state index in [2.05, 4.69) is 19.2 Å². The summed E-state index contributed by atoms with van der Waals surface area (Å²) in [4.78, 5) is 11.9. The van der Waals surface area contributed by atoms with Crippen molar-refractivity contribution in [1.29, 1.82) is 0 Å². The summed E-state index contributed by atoms with van der Waals surface area (Å²) in [5.74, 6) is 0.830. The number of anilines is 2. The van der Waals surface area contributed by atoms with Crippen LogP contribution < -0.4 is 16.8 Å². The Morgan fingerprint density at radius 3 is 2.68 bits per heavy atom. The number of hydrogen-bond acceptors (Lipinski definition) is 4. The first-order valence-electron chi connectivity index (χ1n) is 6.96. The van der Waals surface area contributed by atoms with Crippen molar-refractivity contribution in [2.24, 2.45) is 11.7 Å². The topological polar surface area (TPSA) is 81.1 Å². The molecule has 1 saturated carbocycles. The van der Waals surface area contributed by atoms with Crippen molar-refractivity contribution in [3.8, 4) is 0 Å². The van der Waals surface area contributed by atoms with Crippen LogP contribution in [0.1, 0.15) is 60.7 Å². The van der Waals surface area contributed by atoms with Crippen molar-refractivity contribution in [3.63, 3.8) is 0 Å². The SMILES string of the molecule is CC(C)CCCNc1sc(C(N)=O)c(N)c1C1CC1. The standard InChI is InChI=1S/C14H23N3OS/c1-8(2)4-3-7-17-14-10(9-5-6-9)11(15)12(19-14)13(16)18/h8-9,17H,3-7,15H2,1-2H3,(H2,16,18). The van der Waals surface area contributed by atoms with Crippen LogP contribution in [0.4, 0.5) is 10.7 Å². The zero-order chi connectivity index (χ0) is 14.0. The van der Waals surface area contributed by atoms with E-state index in [-0.39, 0.29) is 0 Å². The van der Waals surface area contributed by atoms with Crippen LogP contribution in [-0.2, 0) is 0 Å². The molecule has 0 spiro atoms. The molecule has 1 amide bonds. The highest BCUT2D eigenvalue weighted by atomic mass is 32.1. The van der Waals surface area contributed by atoms with E-state index < -0.39 is 5.91 Å². The Kier molecular flexibility index (Phi) is 4.34. The van der Waals surface area contributed by atoms with Gasteiger partial charge in [-0.25, -0.2) is 0 Å². The van der Waals surface area contributed by atoms with Crippen molar-refractivity contribution in [3.05, 3.63) is 10.4 Å². The van der Waals surface area contributed by atoms with Gasteiger partial charge in [-0.05, 0) is 37.5 Å². The fraction of sp³-hybridized carbons (Fsp3) is 0.643. The number of thiophene rings is 1. The number of rotatable bonds is 7. The minimum Gasteiger partial charge on any atom is -0.397 e. The molecule has 0 radical (unpaired) electrons.